The Balaban J connectivity index is 1.51. The molecule has 0 bridgehead atoms. The fourth-order valence-electron chi connectivity index (χ4n) is 3.32. The Kier molecular flexibility index (Phi) is 4.79. The standard InChI is InChI=1S/C18H22N4O4S/c23-18-17-12-16(13-22(17)7-1-6-19-18)27(24,25)20-14-2-4-15(5-3-14)21-8-10-26-11-9-21/h2-5,12-13,20H,1,6-11H2,(H,19,23). The van der Waals surface area contributed by atoms with Gasteiger partial charge in [-0.3, -0.25) is 9.52 Å². The van der Waals surface area contributed by atoms with Gasteiger partial charge in [0.05, 0.1) is 13.2 Å². The fraction of sp³-hybridized carbons (Fsp3) is 0.389. The van der Waals surface area contributed by atoms with Crippen LogP contribution in [0, 0.1) is 0 Å². The monoisotopic (exact) mass is 390 g/mol. The predicted octanol–water partition coefficient (Wildman–Crippen LogP) is 1.26. The molecule has 0 radical (unpaired) electrons. The number of amides is 1. The Morgan fingerprint density at radius 3 is 2.56 bits per heavy atom. The van der Waals surface area contributed by atoms with E-state index >= 15 is 0 Å². The summed E-state index contributed by atoms with van der Waals surface area (Å²) < 4.78 is 35.1. The number of sulfonamides is 1. The molecule has 1 aromatic heterocycles. The van der Waals surface area contributed by atoms with E-state index < -0.39 is 10.0 Å². The number of aryl methyl sites for hydroxylation is 1. The second-order valence-corrected chi connectivity index (χ2v) is 8.30. The summed E-state index contributed by atoms with van der Waals surface area (Å²) in [7, 11) is -3.76. The highest BCUT2D eigenvalue weighted by atomic mass is 32.2. The third-order valence-corrected chi connectivity index (χ3v) is 6.12. The summed E-state index contributed by atoms with van der Waals surface area (Å²) in [6, 6.07) is 8.70. The van der Waals surface area contributed by atoms with Gasteiger partial charge in [0, 0.05) is 43.8 Å². The zero-order valence-electron chi connectivity index (χ0n) is 14.8. The quantitative estimate of drug-likeness (QED) is 0.820. The first-order valence-electron chi connectivity index (χ1n) is 8.97. The lowest BCUT2D eigenvalue weighted by Crippen LogP contribution is -2.36. The Morgan fingerprint density at radius 1 is 1.07 bits per heavy atom. The zero-order valence-corrected chi connectivity index (χ0v) is 15.7. The topological polar surface area (TPSA) is 92.7 Å². The molecule has 0 atom stereocenters. The molecule has 8 nitrogen and oxygen atoms in total. The number of aromatic nitrogens is 1. The zero-order chi connectivity index (χ0) is 18.9. The van der Waals surface area contributed by atoms with Crippen molar-refractivity contribution >= 4 is 27.3 Å². The number of fused-ring (bicyclic) bond motifs is 1. The predicted molar refractivity (Wildman–Crippen MR) is 102 cm³/mol. The first kappa shape index (κ1) is 17.9. The molecule has 0 aliphatic carbocycles. The second kappa shape index (κ2) is 7.24. The molecule has 2 aliphatic rings. The SMILES string of the molecule is O=C1NCCCn2cc(S(=O)(=O)Nc3ccc(N4CCOCC4)cc3)cc21. The molecule has 0 spiro atoms. The molecule has 27 heavy (non-hydrogen) atoms. The minimum absolute atomic E-state index is 0.0896. The summed E-state index contributed by atoms with van der Waals surface area (Å²) >= 11 is 0. The van der Waals surface area contributed by atoms with Crippen molar-refractivity contribution in [2.75, 3.05) is 42.5 Å². The van der Waals surface area contributed by atoms with E-state index in [9.17, 15) is 13.2 Å². The molecular weight excluding hydrogens is 368 g/mol. The number of rotatable bonds is 4. The smallest absolute Gasteiger partial charge is 0.267 e. The van der Waals surface area contributed by atoms with Crippen molar-refractivity contribution in [3.05, 3.63) is 42.2 Å². The van der Waals surface area contributed by atoms with E-state index in [0.717, 1.165) is 25.2 Å². The number of benzene rings is 1. The summed E-state index contributed by atoms with van der Waals surface area (Å²) in [5.41, 5.74) is 1.89. The molecule has 0 saturated carbocycles. The molecule has 3 heterocycles. The summed E-state index contributed by atoms with van der Waals surface area (Å²) in [5, 5.41) is 2.76. The van der Waals surface area contributed by atoms with Gasteiger partial charge in [-0.15, -0.1) is 0 Å². The van der Waals surface area contributed by atoms with E-state index in [0.29, 0.717) is 37.7 Å². The number of carbonyl (C=O) groups is 1. The summed E-state index contributed by atoms with van der Waals surface area (Å²) in [6.45, 7) is 4.24. The molecular formula is C18H22N4O4S. The normalized spacial score (nSPS) is 17.8. The highest BCUT2D eigenvalue weighted by molar-refractivity contribution is 7.92. The van der Waals surface area contributed by atoms with Crippen LogP contribution >= 0.6 is 0 Å². The highest BCUT2D eigenvalue weighted by Gasteiger charge is 2.23. The number of hydrogen-bond donors (Lipinski definition) is 2. The maximum atomic E-state index is 12.7. The van der Waals surface area contributed by atoms with Gasteiger partial charge in [-0.05, 0) is 36.8 Å². The maximum Gasteiger partial charge on any atom is 0.267 e. The van der Waals surface area contributed by atoms with Gasteiger partial charge in [0.1, 0.15) is 10.6 Å². The molecule has 0 unspecified atom stereocenters. The van der Waals surface area contributed by atoms with Gasteiger partial charge in [0.25, 0.3) is 15.9 Å². The van der Waals surface area contributed by atoms with Gasteiger partial charge in [-0.25, -0.2) is 8.42 Å². The second-order valence-electron chi connectivity index (χ2n) is 6.62. The molecule has 2 N–H and O–H groups in total. The number of morpholine rings is 1. The lowest BCUT2D eigenvalue weighted by molar-refractivity contribution is 0.0951. The fourth-order valence-corrected chi connectivity index (χ4v) is 4.42. The third kappa shape index (κ3) is 3.79. The Hall–Kier alpha value is -2.52. The Labute approximate surface area is 158 Å². The number of hydrogen-bond acceptors (Lipinski definition) is 5. The molecule has 9 heteroatoms. The third-order valence-electron chi connectivity index (χ3n) is 4.77. The minimum Gasteiger partial charge on any atom is -0.378 e. The highest BCUT2D eigenvalue weighted by Crippen LogP contribution is 2.23. The van der Waals surface area contributed by atoms with E-state index in [1.165, 1.54) is 12.3 Å². The van der Waals surface area contributed by atoms with Crippen LogP contribution in [-0.4, -0.2) is 51.7 Å². The van der Waals surface area contributed by atoms with Gasteiger partial charge in [0.2, 0.25) is 0 Å². The van der Waals surface area contributed by atoms with Crippen LogP contribution in [-0.2, 0) is 21.3 Å². The van der Waals surface area contributed by atoms with Gasteiger partial charge in [-0.1, -0.05) is 0 Å². The van der Waals surface area contributed by atoms with Gasteiger partial charge in [0.15, 0.2) is 0 Å². The molecule has 1 aromatic carbocycles. The summed E-state index contributed by atoms with van der Waals surface area (Å²) in [6.07, 6.45) is 2.29. The summed E-state index contributed by atoms with van der Waals surface area (Å²) in [5.74, 6) is -0.246. The van der Waals surface area contributed by atoms with Crippen LogP contribution in [0.1, 0.15) is 16.9 Å². The van der Waals surface area contributed by atoms with E-state index in [4.69, 9.17) is 4.74 Å². The van der Waals surface area contributed by atoms with E-state index in [2.05, 4.69) is 14.9 Å². The minimum atomic E-state index is -3.76. The van der Waals surface area contributed by atoms with Crippen LogP contribution in [0.3, 0.4) is 0 Å². The van der Waals surface area contributed by atoms with Crippen molar-refractivity contribution in [1.29, 1.82) is 0 Å². The van der Waals surface area contributed by atoms with Crippen molar-refractivity contribution in [1.82, 2.24) is 9.88 Å². The van der Waals surface area contributed by atoms with Crippen LogP contribution in [0.2, 0.25) is 0 Å². The maximum absolute atomic E-state index is 12.7. The van der Waals surface area contributed by atoms with Crippen LogP contribution in [0.25, 0.3) is 0 Å². The molecule has 1 amide bonds. The van der Waals surface area contributed by atoms with Crippen molar-refractivity contribution in [2.24, 2.45) is 0 Å². The van der Waals surface area contributed by atoms with Gasteiger partial charge >= 0.3 is 0 Å². The molecule has 4 rings (SSSR count). The molecule has 1 saturated heterocycles. The first-order valence-corrected chi connectivity index (χ1v) is 10.5. The number of nitrogens with one attached hydrogen (secondary N) is 2. The first-order chi connectivity index (χ1) is 13.0. The largest absolute Gasteiger partial charge is 0.378 e. The number of nitrogens with zero attached hydrogens (tertiary/aromatic N) is 2. The molecule has 2 aromatic rings. The van der Waals surface area contributed by atoms with Crippen LogP contribution < -0.4 is 14.9 Å². The molecule has 1 fully saturated rings. The van der Waals surface area contributed by atoms with E-state index in [1.54, 1.807) is 16.7 Å². The average molecular weight is 390 g/mol. The molecule has 144 valence electrons. The van der Waals surface area contributed by atoms with Crippen molar-refractivity contribution in [3.8, 4) is 0 Å². The average Bonchev–Trinajstić information content (AvgIpc) is 3.04. The van der Waals surface area contributed by atoms with Crippen molar-refractivity contribution in [2.45, 2.75) is 17.9 Å². The lowest BCUT2D eigenvalue weighted by Gasteiger charge is -2.28. The lowest BCUT2D eigenvalue weighted by atomic mass is 10.2. The van der Waals surface area contributed by atoms with Crippen LogP contribution in [0.4, 0.5) is 11.4 Å². The van der Waals surface area contributed by atoms with Crippen LogP contribution in [0.5, 0.6) is 0 Å². The molecule has 2 aliphatic heterocycles. The van der Waals surface area contributed by atoms with E-state index in [1.807, 2.05) is 12.1 Å². The Morgan fingerprint density at radius 2 is 1.81 bits per heavy atom. The van der Waals surface area contributed by atoms with Crippen molar-refractivity contribution in [3.63, 3.8) is 0 Å². The van der Waals surface area contributed by atoms with Gasteiger partial charge in [-0.2, -0.15) is 0 Å². The van der Waals surface area contributed by atoms with Crippen molar-refractivity contribution < 1.29 is 17.9 Å². The number of ether oxygens (including phenoxy) is 1. The van der Waals surface area contributed by atoms with E-state index in [-0.39, 0.29) is 10.8 Å². The Bertz CT molecular complexity index is 931. The summed E-state index contributed by atoms with van der Waals surface area (Å²) in [4.78, 5) is 14.3. The van der Waals surface area contributed by atoms with Crippen LogP contribution in [0.15, 0.2) is 41.4 Å². The number of anilines is 2. The van der Waals surface area contributed by atoms with Gasteiger partial charge < -0.3 is 19.5 Å². The number of carbonyl (C=O) groups excluding carboxylic acids is 1.